The van der Waals surface area contributed by atoms with Crippen molar-refractivity contribution >= 4 is 17.9 Å². The number of hydrogen-bond donors (Lipinski definition) is 0. The molecule has 404 valence electrons. The number of aliphatic carboxylic acids is 1. The maximum Gasteiger partial charge on any atom is 0.306 e. The first-order valence-corrected chi connectivity index (χ1v) is 29.1. The number of carboxylic acids is 1. The van der Waals surface area contributed by atoms with Crippen molar-refractivity contribution < 1.29 is 42.9 Å². The Hall–Kier alpha value is -2.49. The summed E-state index contributed by atoms with van der Waals surface area (Å²) in [6, 6.07) is 0. The van der Waals surface area contributed by atoms with E-state index in [-0.39, 0.29) is 32.2 Å². The first-order valence-electron chi connectivity index (χ1n) is 29.1. The van der Waals surface area contributed by atoms with E-state index in [9.17, 15) is 19.5 Å². The lowest BCUT2D eigenvalue weighted by atomic mass is 10.0. The summed E-state index contributed by atoms with van der Waals surface area (Å²) in [6.45, 7) is 4.77. The van der Waals surface area contributed by atoms with Crippen LogP contribution in [0.5, 0.6) is 0 Å². The van der Waals surface area contributed by atoms with E-state index >= 15 is 0 Å². The number of hydrogen-bond acceptors (Lipinski definition) is 8. The van der Waals surface area contributed by atoms with Crippen molar-refractivity contribution in [3.63, 3.8) is 0 Å². The number of esters is 2. The summed E-state index contributed by atoms with van der Waals surface area (Å²) in [7, 11) is 5.92. The Labute approximate surface area is 426 Å². The van der Waals surface area contributed by atoms with E-state index in [0.717, 1.165) is 57.8 Å². The molecule has 69 heavy (non-hydrogen) atoms. The van der Waals surface area contributed by atoms with Crippen molar-refractivity contribution in [2.24, 2.45) is 0 Å². The highest BCUT2D eigenvalue weighted by atomic mass is 16.7. The van der Waals surface area contributed by atoms with Crippen molar-refractivity contribution in [3.8, 4) is 0 Å². The fourth-order valence-electron chi connectivity index (χ4n) is 8.37. The van der Waals surface area contributed by atoms with Crippen LogP contribution >= 0.6 is 0 Å². The molecule has 0 aliphatic rings. The van der Waals surface area contributed by atoms with Gasteiger partial charge in [-0.15, -0.1) is 0 Å². The number of nitrogens with zero attached hydrogens (tertiary/aromatic N) is 1. The zero-order valence-electron chi connectivity index (χ0n) is 45.9. The number of allylic oxidation sites excluding steroid dienone is 6. The molecule has 0 heterocycles. The Morgan fingerprint density at radius 3 is 1.16 bits per heavy atom. The van der Waals surface area contributed by atoms with Gasteiger partial charge in [0, 0.05) is 12.8 Å². The summed E-state index contributed by atoms with van der Waals surface area (Å²) in [5.74, 6) is -2.28. The minimum absolute atomic E-state index is 0.147. The van der Waals surface area contributed by atoms with Crippen molar-refractivity contribution in [2.75, 3.05) is 47.5 Å². The lowest BCUT2D eigenvalue weighted by Gasteiger charge is -2.26. The maximum absolute atomic E-state index is 12.9. The zero-order valence-corrected chi connectivity index (χ0v) is 45.9. The Balaban J connectivity index is 4.25. The van der Waals surface area contributed by atoms with Crippen LogP contribution in [0.3, 0.4) is 0 Å². The third-order valence-electron chi connectivity index (χ3n) is 12.9. The molecular weight excluding hydrogens is 863 g/mol. The fourth-order valence-corrected chi connectivity index (χ4v) is 8.37. The smallest absolute Gasteiger partial charge is 0.306 e. The number of carboxylic acid groups (broad SMARTS) is 1. The van der Waals surface area contributed by atoms with Crippen molar-refractivity contribution in [1.29, 1.82) is 0 Å². The van der Waals surface area contributed by atoms with Crippen molar-refractivity contribution in [2.45, 2.75) is 283 Å². The zero-order chi connectivity index (χ0) is 50.6. The topological polar surface area (TPSA) is 111 Å². The second kappa shape index (κ2) is 51.9. The van der Waals surface area contributed by atoms with Gasteiger partial charge in [-0.2, -0.15) is 0 Å². The molecule has 0 fully saturated rings. The van der Waals surface area contributed by atoms with Crippen molar-refractivity contribution in [3.05, 3.63) is 36.5 Å². The molecule has 0 spiro atoms. The van der Waals surface area contributed by atoms with Gasteiger partial charge >= 0.3 is 11.9 Å². The number of rotatable bonds is 54. The van der Waals surface area contributed by atoms with Crippen LogP contribution in [-0.2, 0) is 33.3 Å². The highest BCUT2D eigenvalue weighted by molar-refractivity contribution is 5.70. The second-order valence-corrected chi connectivity index (χ2v) is 20.9. The van der Waals surface area contributed by atoms with Crippen LogP contribution in [-0.4, -0.2) is 82.3 Å². The molecular formula is C60H111NO8. The van der Waals surface area contributed by atoms with Gasteiger partial charge in [0.1, 0.15) is 13.2 Å². The molecule has 0 saturated carbocycles. The number of carbonyl (C=O) groups excluding carboxylic acids is 3. The lowest BCUT2D eigenvalue weighted by molar-refractivity contribution is -0.870. The average Bonchev–Trinajstić information content (AvgIpc) is 3.31. The van der Waals surface area contributed by atoms with E-state index in [1.165, 1.54) is 180 Å². The summed E-state index contributed by atoms with van der Waals surface area (Å²) in [4.78, 5) is 37.3. The largest absolute Gasteiger partial charge is 0.545 e. The van der Waals surface area contributed by atoms with Crippen LogP contribution < -0.4 is 5.11 Å². The van der Waals surface area contributed by atoms with E-state index < -0.39 is 24.3 Å². The molecule has 9 heteroatoms. The molecule has 0 aliphatic carbocycles. The SMILES string of the molecule is CCCCCCC/C=C\C/C=C\C/C=C\CCCCCCCCCCC(=O)OC(COC(=O)CCCCCCCCCCCCCCCCCCCCCCC)COC(OCC[N+](C)(C)C)C(=O)[O-]. The summed E-state index contributed by atoms with van der Waals surface area (Å²) >= 11 is 0. The summed E-state index contributed by atoms with van der Waals surface area (Å²) in [5.41, 5.74) is 0. The highest BCUT2D eigenvalue weighted by Crippen LogP contribution is 2.17. The summed E-state index contributed by atoms with van der Waals surface area (Å²) in [5, 5.41) is 11.8. The summed E-state index contributed by atoms with van der Waals surface area (Å²) < 4.78 is 22.7. The summed E-state index contributed by atoms with van der Waals surface area (Å²) in [6.07, 6.45) is 59.0. The second-order valence-electron chi connectivity index (χ2n) is 20.9. The number of carbonyl (C=O) groups is 3. The van der Waals surface area contributed by atoms with Gasteiger partial charge in [-0.3, -0.25) is 9.59 Å². The minimum Gasteiger partial charge on any atom is -0.545 e. The predicted octanol–water partition coefficient (Wildman–Crippen LogP) is 15.6. The molecule has 0 aromatic heterocycles. The van der Waals surface area contributed by atoms with Gasteiger partial charge in [0.25, 0.3) is 0 Å². The van der Waals surface area contributed by atoms with E-state index in [4.69, 9.17) is 18.9 Å². The van der Waals surface area contributed by atoms with Crippen molar-refractivity contribution in [1.82, 2.24) is 0 Å². The third kappa shape index (κ3) is 53.1. The normalized spacial score (nSPS) is 13.0. The Morgan fingerprint density at radius 2 is 0.783 bits per heavy atom. The van der Waals surface area contributed by atoms with E-state index in [0.29, 0.717) is 23.9 Å². The van der Waals surface area contributed by atoms with Gasteiger partial charge in [0.15, 0.2) is 12.4 Å². The first kappa shape index (κ1) is 66.5. The van der Waals surface area contributed by atoms with Gasteiger partial charge in [0.2, 0.25) is 0 Å². The molecule has 0 rings (SSSR count). The number of unbranched alkanes of at least 4 members (excludes halogenated alkanes) is 33. The van der Waals surface area contributed by atoms with Crippen LogP contribution in [0.15, 0.2) is 36.5 Å². The molecule has 0 amide bonds. The van der Waals surface area contributed by atoms with Gasteiger partial charge < -0.3 is 33.3 Å². The molecule has 2 atom stereocenters. The first-order chi connectivity index (χ1) is 33.6. The average molecular weight is 975 g/mol. The molecule has 0 bridgehead atoms. The lowest BCUT2D eigenvalue weighted by Crippen LogP contribution is -2.44. The monoisotopic (exact) mass is 974 g/mol. The minimum atomic E-state index is -1.62. The fraction of sp³-hybridized carbons (Fsp3) is 0.850. The standard InChI is InChI=1S/C60H111NO8/c1-6-8-10-12-14-16-18-20-22-24-26-28-29-31-33-35-37-39-41-43-45-47-49-51-58(63)69-56(55-68-60(59(64)65)66-53-52-61(3,4)5)54-67-57(62)50-48-46-44-42-40-38-36-34-32-30-27-25-23-21-19-17-15-13-11-9-7-2/h18,20,24,26,29,31,56,60H,6-17,19,21-23,25,27-28,30,32-55H2,1-5H3/b20-18-,26-24-,31-29-. The molecule has 0 aliphatic heterocycles. The van der Waals surface area contributed by atoms with E-state index in [1.807, 2.05) is 21.1 Å². The van der Waals surface area contributed by atoms with Gasteiger partial charge in [0.05, 0.1) is 40.3 Å². The van der Waals surface area contributed by atoms with Crippen LogP contribution in [0.2, 0.25) is 0 Å². The van der Waals surface area contributed by atoms with Crippen LogP contribution in [0.4, 0.5) is 0 Å². The Bertz CT molecular complexity index is 1230. The highest BCUT2D eigenvalue weighted by Gasteiger charge is 2.22. The van der Waals surface area contributed by atoms with E-state index in [2.05, 4.69) is 50.3 Å². The molecule has 2 unspecified atom stereocenters. The quantitative estimate of drug-likeness (QED) is 0.0195. The molecule has 0 aromatic carbocycles. The maximum atomic E-state index is 12.9. The molecule has 0 aromatic rings. The third-order valence-corrected chi connectivity index (χ3v) is 12.9. The van der Waals surface area contributed by atoms with E-state index in [1.54, 1.807) is 0 Å². The predicted molar refractivity (Wildman–Crippen MR) is 288 cm³/mol. The van der Waals surface area contributed by atoms with Gasteiger partial charge in [-0.1, -0.05) is 243 Å². The molecule has 0 radical (unpaired) electrons. The number of ether oxygens (including phenoxy) is 4. The van der Waals surface area contributed by atoms with Crippen LogP contribution in [0.25, 0.3) is 0 Å². The molecule has 0 saturated heterocycles. The van der Waals surface area contributed by atoms with Gasteiger partial charge in [-0.25, -0.2) is 0 Å². The van der Waals surface area contributed by atoms with Crippen LogP contribution in [0.1, 0.15) is 271 Å². The Morgan fingerprint density at radius 1 is 0.435 bits per heavy atom. The number of likely N-dealkylation sites (N-methyl/N-ethyl adjacent to an activating group) is 1. The van der Waals surface area contributed by atoms with Gasteiger partial charge in [-0.05, 0) is 51.4 Å². The molecule has 9 nitrogen and oxygen atoms in total. The van der Waals surface area contributed by atoms with Crippen LogP contribution in [0, 0.1) is 0 Å². The molecule has 0 N–H and O–H groups in total. The number of quaternary nitrogens is 1. The Kier molecular flexibility index (Phi) is 50.0.